The van der Waals surface area contributed by atoms with Gasteiger partial charge < -0.3 is 4.90 Å². The van der Waals surface area contributed by atoms with Gasteiger partial charge in [0.1, 0.15) is 12.1 Å². The Morgan fingerprint density at radius 2 is 2.16 bits per heavy atom. The van der Waals surface area contributed by atoms with Crippen LogP contribution in [0.25, 0.3) is 11.0 Å². The molecule has 0 aliphatic rings. The zero-order chi connectivity index (χ0) is 13.2. The molecule has 0 unspecified atom stereocenters. The van der Waals surface area contributed by atoms with E-state index < -0.39 is 0 Å². The van der Waals surface area contributed by atoms with Crippen molar-refractivity contribution in [3.05, 3.63) is 42.6 Å². The van der Waals surface area contributed by atoms with Crippen LogP contribution in [0.1, 0.15) is 5.56 Å². The van der Waals surface area contributed by atoms with E-state index in [4.69, 9.17) is 0 Å². The van der Waals surface area contributed by atoms with Crippen molar-refractivity contribution in [2.75, 3.05) is 11.9 Å². The fourth-order valence-corrected chi connectivity index (χ4v) is 2.09. The van der Waals surface area contributed by atoms with Gasteiger partial charge in [-0.25, -0.2) is 9.97 Å². The van der Waals surface area contributed by atoms with Gasteiger partial charge in [-0.1, -0.05) is 6.07 Å². The van der Waals surface area contributed by atoms with Crippen LogP contribution in [-0.2, 0) is 13.6 Å². The first-order chi connectivity index (χ1) is 9.25. The van der Waals surface area contributed by atoms with Crippen molar-refractivity contribution < 1.29 is 0 Å². The van der Waals surface area contributed by atoms with Crippen LogP contribution in [0.4, 0.5) is 5.82 Å². The molecule has 6 heteroatoms. The number of fused-ring (bicyclic) bond motifs is 1. The van der Waals surface area contributed by atoms with E-state index in [0.717, 1.165) is 29.0 Å². The van der Waals surface area contributed by atoms with Crippen molar-refractivity contribution in [1.29, 1.82) is 0 Å². The monoisotopic (exact) mass is 254 g/mol. The number of hydrogen-bond acceptors (Lipinski definition) is 5. The highest BCUT2D eigenvalue weighted by atomic mass is 15.3. The highest BCUT2D eigenvalue weighted by molar-refractivity contribution is 5.86. The number of pyridine rings is 1. The van der Waals surface area contributed by atoms with Crippen molar-refractivity contribution in [2.45, 2.75) is 6.54 Å². The standard InChI is InChI=1S/C13H14N6/c1-18(8-10-4-3-5-14-6-10)12-11-7-17-19(2)13(11)16-9-15-12/h3-7,9H,8H2,1-2H3. The van der Waals surface area contributed by atoms with Gasteiger partial charge in [0.15, 0.2) is 5.65 Å². The molecule has 0 saturated carbocycles. The fourth-order valence-electron chi connectivity index (χ4n) is 2.09. The van der Waals surface area contributed by atoms with E-state index in [1.807, 2.05) is 32.4 Å². The molecule has 0 N–H and O–H groups in total. The van der Waals surface area contributed by atoms with Gasteiger partial charge in [0.25, 0.3) is 0 Å². The second kappa shape index (κ2) is 4.64. The summed E-state index contributed by atoms with van der Waals surface area (Å²) in [7, 11) is 3.88. The van der Waals surface area contributed by atoms with Gasteiger partial charge in [-0.2, -0.15) is 5.10 Å². The lowest BCUT2D eigenvalue weighted by Gasteiger charge is -2.18. The van der Waals surface area contributed by atoms with Crippen LogP contribution >= 0.6 is 0 Å². The molecule has 0 bridgehead atoms. The number of anilines is 1. The molecule has 0 radical (unpaired) electrons. The molecule has 0 aromatic carbocycles. The molecule has 0 aliphatic heterocycles. The van der Waals surface area contributed by atoms with Crippen LogP contribution in [0.2, 0.25) is 0 Å². The molecule has 0 aliphatic carbocycles. The Hall–Kier alpha value is -2.50. The van der Waals surface area contributed by atoms with Crippen LogP contribution in [0.15, 0.2) is 37.1 Å². The summed E-state index contributed by atoms with van der Waals surface area (Å²) in [5, 5.41) is 5.18. The van der Waals surface area contributed by atoms with Crippen molar-refractivity contribution in [1.82, 2.24) is 24.7 Å². The first-order valence-corrected chi connectivity index (χ1v) is 5.98. The fraction of sp³-hybridized carbons (Fsp3) is 0.231. The van der Waals surface area contributed by atoms with E-state index in [2.05, 4.69) is 25.0 Å². The molecular weight excluding hydrogens is 240 g/mol. The number of aromatic nitrogens is 5. The molecule has 3 aromatic heterocycles. The SMILES string of the molecule is CN(Cc1cccnc1)c1ncnc2c1cnn2C. The van der Waals surface area contributed by atoms with E-state index in [1.165, 1.54) is 0 Å². The maximum absolute atomic E-state index is 4.36. The zero-order valence-corrected chi connectivity index (χ0v) is 10.9. The maximum Gasteiger partial charge on any atom is 0.163 e. The molecule has 0 spiro atoms. The lowest BCUT2D eigenvalue weighted by atomic mass is 10.2. The van der Waals surface area contributed by atoms with Crippen molar-refractivity contribution in [3.8, 4) is 0 Å². The second-order valence-corrected chi connectivity index (χ2v) is 4.42. The Morgan fingerprint density at radius 3 is 2.95 bits per heavy atom. The van der Waals surface area contributed by atoms with Gasteiger partial charge >= 0.3 is 0 Å². The van der Waals surface area contributed by atoms with E-state index in [9.17, 15) is 0 Å². The molecule has 3 rings (SSSR count). The van der Waals surface area contributed by atoms with Gasteiger partial charge in [-0.05, 0) is 11.6 Å². The minimum absolute atomic E-state index is 0.745. The van der Waals surface area contributed by atoms with E-state index >= 15 is 0 Å². The number of hydrogen-bond donors (Lipinski definition) is 0. The van der Waals surface area contributed by atoms with E-state index in [1.54, 1.807) is 23.4 Å². The molecule has 0 amide bonds. The molecule has 3 heterocycles. The first kappa shape index (κ1) is 11.6. The van der Waals surface area contributed by atoms with Crippen molar-refractivity contribution >= 4 is 16.9 Å². The van der Waals surface area contributed by atoms with Crippen LogP contribution in [-0.4, -0.2) is 31.8 Å². The van der Waals surface area contributed by atoms with E-state index in [-0.39, 0.29) is 0 Å². The minimum Gasteiger partial charge on any atom is -0.355 e. The first-order valence-electron chi connectivity index (χ1n) is 5.98. The Morgan fingerprint density at radius 1 is 1.26 bits per heavy atom. The van der Waals surface area contributed by atoms with Gasteiger partial charge in [0.2, 0.25) is 0 Å². The van der Waals surface area contributed by atoms with Crippen LogP contribution < -0.4 is 4.90 Å². The Kier molecular flexibility index (Phi) is 2.83. The second-order valence-electron chi connectivity index (χ2n) is 4.42. The predicted molar refractivity (Wildman–Crippen MR) is 72.6 cm³/mol. The molecule has 6 nitrogen and oxygen atoms in total. The third-order valence-electron chi connectivity index (χ3n) is 3.01. The topological polar surface area (TPSA) is 59.7 Å². The molecule has 19 heavy (non-hydrogen) atoms. The Labute approximate surface area is 110 Å². The van der Waals surface area contributed by atoms with Gasteiger partial charge in [0, 0.05) is 33.0 Å². The summed E-state index contributed by atoms with van der Waals surface area (Å²) in [5.74, 6) is 0.877. The van der Waals surface area contributed by atoms with Crippen molar-refractivity contribution in [3.63, 3.8) is 0 Å². The Bertz CT molecular complexity index is 691. The van der Waals surface area contributed by atoms with Crippen LogP contribution in [0.5, 0.6) is 0 Å². The maximum atomic E-state index is 4.36. The molecule has 96 valence electrons. The van der Waals surface area contributed by atoms with Crippen LogP contribution in [0, 0.1) is 0 Å². The molecule has 0 saturated heterocycles. The highest BCUT2D eigenvalue weighted by Crippen LogP contribution is 2.22. The highest BCUT2D eigenvalue weighted by Gasteiger charge is 2.11. The molecule has 0 atom stereocenters. The third-order valence-corrected chi connectivity index (χ3v) is 3.01. The van der Waals surface area contributed by atoms with Crippen molar-refractivity contribution in [2.24, 2.45) is 7.05 Å². The quantitative estimate of drug-likeness (QED) is 0.707. The molecular formula is C13H14N6. The average molecular weight is 254 g/mol. The Balaban J connectivity index is 1.96. The molecule has 3 aromatic rings. The number of rotatable bonds is 3. The number of nitrogens with zero attached hydrogens (tertiary/aromatic N) is 6. The number of aryl methyl sites for hydroxylation is 1. The van der Waals surface area contributed by atoms with Gasteiger partial charge in [-0.15, -0.1) is 0 Å². The van der Waals surface area contributed by atoms with Gasteiger partial charge in [-0.3, -0.25) is 9.67 Å². The van der Waals surface area contributed by atoms with E-state index in [0.29, 0.717) is 0 Å². The summed E-state index contributed by atoms with van der Waals surface area (Å²) >= 11 is 0. The lowest BCUT2D eigenvalue weighted by molar-refractivity contribution is 0.785. The van der Waals surface area contributed by atoms with Gasteiger partial charge in [0.05, 0.1) is 11.6 Å². The normalized spacial score (nSPS) is 10.8. The summed E-state index contributed by atoms with van der Waals surface area (Å²) in [5.41, 5.74) is 1.98. The predicted octanol–water partition coefficient (Wildman–Crippen LogP) is 1.39. The largest absolute Gasteiger partial charge is 0.355 e. The summed E-state index contributed by atoms with van der Waals surface area (Å²) in [6, 6.07) is 3.98. The smallest absolute Gasteiger partial charge is 0.163 e. The lowest BCUT2D eigenvalue weighted by Crippen LogP contribution is -2.18. The summed E-state index contributed by atoms with van der Waals surface area (Å²) in [6.45, 7) is 0.745. The summed E-state index contributed by atoms with van der Waals surface area (Å²) < 4.78 is 1.75. The summed E-state index contributed by atoms with van der Waals surface area (Å²) in [4.78, 5) is 14.8. The average Bonchev–Trinajstić information content (AvgIpc) is 2.82. The van der Waals surface area contributed by atoms with Crippen LogP contribution in [0.3, 0.4) is 0 Å². The minimum atomic E-state index is 0.745. The summed E-state index contributed by atoms with van der Waals surface area (Å²) in [6.07, 6.45) is 7.00. The third kappa shape index (κ3) is 2.12. The molecule has 0 fully saturated rings. The zero-order valence-electron chi connectivity index (χ0n) is 10.9.